The molecular weight excluding hydrogens is 463 g/mol. The maximum atomic E-state index is 13.0. The largest absolute Gasteiger partial charge is 0.340 e. The fraction of sp³-hybridized carbons (Fsp3) is 0.600. The molecule has 0 aromatic heterocycles. The van der Waals surface area contributed by atoms with E-state index in [0.717, 1.165) is 0 Å². The van der Waals surface area contributed by atoms with E-state index in [2.05, 4.69) is 5.32 Å². The fourth-order valence-corrected chi connectivity index (χ4v) is 6.45. The number of piperidine rings is 1. The second-order valence-corrected chi connectivity index (χ2v) is 10.8. The number of hydrogen-bond donors (Lipinski definition) is 1. The molecule has 11 heteroatoms. The Morgan fingerprint density at radius 2 is 1.52 bits per heavy atom. The fourth-order valence-electron chi connectivity index (χ4n) is 3.93. The zero-order chi connectivity index (χ0) is 22.8. The van der Waals surface area contributed by atoms with Gasteiger partial charge in [-0.05, 0) is 38.8 Å². The molecule has 0 unspecified atom stereocenters. The Balaban J connectivity index is 1.55. The van der Waals surface area contributed by atoms with Gasteiger partial charge < -0.3 is 15.1 Å². The van der Waals surface area contributed by atoms with Crippen LogP contribution < -0.4 is 5.32 Å². The van der Waals surface area contributed by atoms with Gasteiger partial charge >= 0.3 is 6.03 Å². The molecule has 2 aliphatic rings. The van der Waals surface area contributed by atoms with Gasteiger partial charge in [0.2, 0.25) is 15.9 Å². The van der Waals surface area contributed by atoms with E-state index in [4.69, 9.17) is 23.2 Å². The Morgan fingerprint density at radius 3 is 2.03 bits per heavy atom. The third-order valence-corrected chi connectivity index (χ3v) is 8.47. The summed E-state index contributed by atoms with van der Waals surface area (Å²) >= 11 is 12.2. The average molecular weight is 491 g/mol. The molecule has 2 fully saturated rings. The number of amides is 3. The topological polar surface area (TPSA) is 90.0 Å². The molecule has 3 amide bonds. The summed E-state index contributed by atoms with van der Waals surface area (Å²) < 4.78 is 27.3. The summed E-state index contributed by atoms with van der Waals surface area (Å²) in [6.07, 6.45) is 1.22. The SMILES string of the molecule is CC(C)NC(=O)N1CCC(C(=O)N2CCN(S(=O)(=O)c3c(Cl)cccc3Cl)CC2)CC1. The predicted molar refractivity (Wildman–Crippen MR) is 120 cm³/mol. The van der Waals surface area contributed by atoms with Crippen LogP contribution in [0.4, 0.5) is 4.79 Å². The van der Waals surface area contributed by atoms with E-state index in [1.54, 1.807) is 15.9 Å². The molecule has 1 aromatic carbocycles. The summed E-state index contributed by atoms with van der Waals surface area (Å²) in [6.45, 7) is 5.89. The van der Waals surface area contributed by atoms with Crippen molar-refractivity contribution in [3.05, 3.63) is 28.2 Å². The van der Waals surface area contributed by atoms with Crippen LogP contribution >= 0.6 is 23.2 Å². The van der Waals surface area contributed by atoms with Crippen LogP contribution in [-0.2, 0) is 14.8 Å². The summed E-state index contributed by atoms with van der Waals surface area (Å²) in [6, 6.07) is 4.55. The lowest BCUT2D eigenvalue weighted by Gasteiger charge is -2.38. The molecule has 0 aliphatic carbocycles. The maximum absolute atomic E-state index is 13.0. The highest BCUT2D eigenvalue weighted by molar-refractivity contribution is 7.89. The molecule has 8 nitrogen and oxygen atoms in total. The van der Waals surface area contributed by atoms with Crippen molar-refractivity contribution in [2.75, 3.05) is 39.3 Å². The molecular formula is C20H28Cl2N4O4S. The number of rotatable bonds is 4. The van der Waals surface area contributed by atoms with Crippen LogP contribution in [0.2, 0.25) is 10.0 Å². The second kappa shape index (κ2) is 9.94. The van der Waals surface area contributed by atoms with Crippen molar-refractivity contribution in [3.8, 4) is 0 Å². The molecule has 1 N–H and O–H groups in total. The average Bonchev–Trinajstić information content (AvgIpc) is 2.72. The molecule has 172 valence electrons. The van der Waals surface area contributed by atoms with Gasteiger partial charge in [0.25, 0.3) is 0 Å². The Morgan fingerprint density at radius 1 is 0.968 bits per heavy atom. The quantitative estimate of drug-likeness (QED) is 0.702. The first-order valence-electron chi connectivity index (χ1n) is 10.4. The summed E-state index contributed by atoms with van der Waals surface area (Å²) in [5, 5.41) is 3.04. The van der Waals surface area contributed by atoms with Crippen LogP contribution in [0.5, 0.6) is 0 Å². The number of urea groups is 1. The number of piperazine rings is 1. The lowest BCUT2D eigenvalue weighted by atomic mass is 9.95. The van der Waals surface area contributed by atoms with Crippen molar-refractivity contribution in [2.45, 2.75) is 37.6 Å². The molecule has 1 aromatic rings. The Kier molecular flexibility index (Phi) is 7.72. The standard InChI is InChI=1S/C20H28Cl2N4O4S/c1-14(2)23-20(28)25-8-6-15(7-9-25)19(27)24-10-12-26(13-11-24)31(29,30)18-16(21)4-3-5-17(18)22/h3-5,14-15H,6-13H2,1-2H3,(H,23,28). The van der Waals surface area contributed by atoms with Gasteiger partial charge in [-0.25, -0.2) is 13.2 Å². The van der Waals surface area contributed by atoms with Gasteiger partial charge in [-0.2, -0.15) is 4.31 Å². The normalized spacial score (nSPS) is 19.0. The second-order valence-electron chi connectivity index (χ2n) is 8.15. The van der Waals surface area contributed by atoms with Crippen LogP contribution in [0, 0.1) is 5.92 Å². The van der Waals surface area contributed by atoms with Crippen molar-refractivity contribution in [3.63, 3.8) is 0 Å². The van der Waals surface area contributed by atoms with E-state index in [9.17, 15) is 18.0 Å². The van der Waals surface area contributed by atoms with Gasteiger partial charge in [-0.15, -0.1) is 0 Å². The molecule has 0 spiro atoms. The van der Waals surface area contributed by atoms with Crippen LogP contribution in [0.25, 0.3) is 0 Å². The van der Waals surface area contributed by atoms with Crippen molar-refractivity contribution in [1.82, 2.24) is 19.4 Å². The molecule has 2 saturated heterocycles. The smallest absolute Gasteiger partial charge is 0.317 e. The number of sulfonamides is 1. The Bertz CT molecular complexity index is 905. The molecule has 0 atom stereocenters. The predicted octanol–water partition coefficient (Wildman–Crippen LogP) is 2.66. The van der Waals surface area contributed by atoms with Gasteiger partial charge in [-0.3, -0.25) is 4.79 Å². The highest BCUT2D eigenvalue weighted by Crippen LogP contribution is 2.32. The third kappa shape index (κ3) is 5.45. The molecule has 2 aliphatic heterocycles. The number of hydrogen-bond acceptors (Lipinski definition) is 4. The number of likely N-dealkylation sites (tertiary alicyclic amines) is 1. The first-order chi connectivity index (χ1) is 14.6. The molecule has 3 rings (SSSR count). The highest BCUT2D eigenvalue weighted by Gasteiger charge is 2.36. The molecule has 0 bridgehead atoms. The van der Waals surface area contributed by atoms with Crippen LogP contribution in [0.3, 0.4) is 0 Å². The lowest BCUT2D eigenvalue weighted by Crippen LogP contribution is -2.53. The van der Waals surface area contributed by atoms with Crippen LogP contribution in [0.1, 0.15) is 26.7 Å². The van der Waals surface area contributed by atoms with E-state index in [1.165, 1.54) is 16.4 Å². The number of nitrogens with one attached hydrogen (secondary N) is 1. The maximum Gasteiger partial charge on any atom is 0.317 e. The number of halogens is 2. The van der Waals surface area contributed by atoms with Gasteiger partial charge in [0.05, 0.1) is 10.0 Å². The first kappa shape index (κ1) is 24.1. The molecule has 31 heavy (non-hydrogen) atoms. The van der Waals surface area contributed by atoms with E-state index in [-0.39, 0.29) is 51.9 Å². The first-order valence-corrected chi connectivity index (χ1v) is 12.6. The van der Waals surface area contributed by atoms with Gasteiger partial charge in [-0.1, -0.05) is 29.3 Å². The zero-order valence-electron chi connectivity index (χ0n) is 17.7. The van der Waals surface area contributed by atoms with Gasteiger partial charge in [0, 0.05) is 51.2 Å². The number of benzene rings is 1. The van der Waals surface area contributed by atoms with Crippen molar-refractivity contribution >= 4 is 45.2 Å². The molecule has 0 radical (unpaired) electrons. The molecule has 0 saturated carbocycles. The van der Waals surface area contributed by atoms with Gasteiger partial charge in [0.1, 0.15) is 4.90 Å². The third-order valence-electron chi connectivity index (χ3n) is 5.61. The number of carbonyl (C=O) groups is 2. The summed E-state index contributed by atoms with van der Waals surface area (Å²) in [4.78, 5) is 28.4. The molecule has 2 heterocycles. The summed E-state index contributed by atoms with van der Waals surface area (Å²) in [5.74, 6) is -0.124. The number of nitrogens with zero attached hydrogens (tertiary/aromatic N) is 3. The number of carbonyl (C=O) groups excluding carboxylic acids is 2. The van der Waals surface area contributed by atoms with Crippen molar-refractivity contribution in [2.24, 2.45) is 5.92 Å². The zero-order valence-corrected chi connectivity index (χ0v) is 20.0. The Hall–Kier alpha value is -1.55. The van der Waals surface area contributed by atoms with Crippen LogP contribution in [0.15, 0.2) is 23.1 Å². The lowest BCUT2D eigenvalue weighted by molar-refractivity contribution is -0.138. The van der Waals surface area contributed by atoms with E-state index < -0.39 is 10.0 Å². The monoisotopic (exact) mass is 490 g/mol. The van der Waals surface area contributed by atoms with Crippen molar-refractivity contribution in [1.29, 1.82) is 0 Å². The van der Waals surface area contributed by atoms with Crippen LogP contribution in [-0.4, -0.2) is 79.8 Å². The Labute approximate surface area is 193 Å². The van der Waals surface area contributed by atoms with E-state index in [1.807, 2.05) is 13.8 Å². The minimum atomic E-state index is -3.84. The minimum Gasteiger partial charge on any atom is -0.340 e. The van der Waals surface area contributed by atoms with Crippen molar-refractivity contribution < 1.29 is 18.0 Å². The summed E-state index contributed by atoms with van der Waals surface area (Å²) in [5.41, 5.74) is 0. The highest BCUT2D eigenvalue weighted by atomic mass is 35.5. The van der Waals surface area contributed by atoms with Gasteiger partial charge in [0.15, 0.2) is 0 Å². The van der Waals surface area contributed by atoms with E-state index >= 15 is 0 Å². The summed E-state index contributed by atoms with van der Waals surface area (Å²) in [7, 11) is -3.84. The van der Waals surface area contributed by atoms with E-state index in [0.29, 0.717) is 39.0 Å². The minimum absolute atomic E-state index is 0.0248.